The van der Waals surface area contributed by atoms with E-state index in [1.807, 2.05) is 18.2 Å². The number of nitrogens with one attached hydrogen (secondary N) is 2. The number of carboxylic acid groups (broad SMARTS) is 1. The number of hydrogen-bond acceptors (Lipinski definition) is 5. The maximum absolute atomic E-state index is 11.8. The molecule has 0 aliphatic heterocycles. The first kappa shape index (κ1) is 14.7. The molecular weight excluding hydrogens is 272 g/mol. The smallest absolute Gasteiger partial charge is 0.309 e. The van der Waals surface area contributed by atoms with Crippen molar-refractivity contribution in [2.45, 2.75) is 19.8 Å². The van der Waals surface area contributed by atoms with Gasteiger partial charge in [0.1, 0.15) is 0 Å². The lowest BCUT2D eigenvalue weighted by atomic mass is 10.2. The summed E-state index contributed by atoms with van der Waals surface area (Å²) in [5, 5.41) is 11.7. The van der Waals surface area contributed by atoms with Crippen molar-refractivity contribution in [3.63, 3.8) is 0 Å². The van der Waals surface area contributed by atoms with Gasteiger partial charge in [-0.15, -0.1) is 0 Å². The Labute approximate surface area is 121 Å². The molecular formula is C14H16N4O3. The number of aromatic amines is 1. The molecule has 7 heteroatoms. The van der Waals surface area contributed by atoms with E-state index in [4.69, 9.17) is 5.11 Å². The Morgan fingerprint density at radius 1 is 1.43 bits per heavy atom. The molecule has 0 spiro atoms. The third-order valence-corrected chi connectivity index (χ3v) is 2.91. The van der Waals surface area contributed by atoms with Crippen LogP contribution >= 0.6 is 0 Å². The second-order valence-electron chi connectivity index (χ2n) is 4.55. The number of aromatic nitrogens is 3. The molecule has 2 aromatic heterocycles. The summed E-state index contributed by atoms with van der Waals surface area (Å²) in [6.07, 6.45) is 2.12. The highest BCUT2D eigenvalue weighted by atomic mass is 16.4. The number of carbonyl (C=O) groups is 1. The first-order valence-corrected chi connectivity index (χ1v) is 6.51. The van der Waals surface area contributed by atoms with E-state index in [0.717, 1.165) is 5.69 Å². The molecule has 0 saturated carbocycles. The Balaban J connectivity index is 2.05. The monoisotopic (exact) mass is 288 g/mol. The molecule has 2 aromatic rings. The highest BCUT2D eigenvalue weighted by Crippen LogP contribution is 2.04. The summed E-state index contributed by atoms with van der Waals surface area (Å²) in [4.78, 5) is 33.4. The van der Waals surface area contributed by atoms with E-state index in [-0.39, 0.29) is 17.8 Å². The fraction of sp³-hybridized carbons (Fsp3) is 0.286. The van der Waals surface area contributed by atoms with Crippen molar-refractivity contribution in [1.82, 2.24) is 15.0 Å². The van der Waals surface area contributed by atoms with E-state index in [9.17, 15) is 9.59 Å². The maximum Gasteiger partial charge on any atom is 0.309 e. The standard InChI is InChI=1S/C14H16N4O3/c1-9-11(8-12(19)20)18-13(14(21)17-9)16-7-5-10-4-2-3-6-15-10/h2-4,6H,5,7-8H2,1H3,(H,16,18)(H,17,21)(H,19,20). The van der Waals surface area contributed by atoms with Crippen molar-refractivity contribution in [3.8, 4) is 0 Å². The Kier molecular flexibility index (Phi) is 4.65. The van der Waals surface area contributed by atoms with Crippen molar-refractivity contribution < 1.29 is 9.90 Å². The topological polar surface area (TPSA) is 108 Å². The van der Waals surface area contributed by atoms with Crippen LogP contribution in [0.25, 0.3) is 0 Å². The third kappa shape index (κ3) is 4.13. The number of hydrogen-bond donors (Lipinski definition) is 3. The highest BCUT2D eigenvalue weighted by molar-refractivity contribution is 5.70. The fourth-order valence-corrected chi connectivity index (χ4v) is 1.86. The van der Waals surface area contributed by atoms with Crippen molar-refractivity contribution in [2.24, 2.45) is 0 Å². The number of aliphatic carboxylic acids is 1. The summed E-state index contributed by atoms with van der Waals surface area (Å²) in [5.74, 6) is -0.857. The Bertz CT molecular complexity index is 682. The van der Waals surface area contributed by atoms with Crippen LogP contribution in [0.4, 0.5) is 5.82 Å². The van der Waals surface area contributed by atoms with Crippen LogP contribution < -0.4 is 10.9 Å². The van der Waals surface area contributed by atoms with Gasteiger partial charge in [-0.3, -0.25) is 14.6 Å². The Morgan fingerprint density at radius 2 is 2.24 bits per heavy atom. The molecule has 0 aliphatic carbocycles. The van der Waals surface area contributed by atoms with Gasteiger partial charge in [0.25, 0.3) is 5.56 Å². The van der Waals surface area contributed by atoms with E-state index in [1.54, 1.807) is 13.1 Å². The largest absolute Gasteiger partial charge is 0.481 e. The van der Waals surface area contributed by atoms with Gasteiger partial charge in [-0.2, -0.15) is 0 Å². The van der Waals surface area contributed by atoms with Crippen LogP contribution in [-0.2, 0) is 17.6 Å². The van der Waals surface area contributed by atoms with Crippen LogP contribution in [-0.4, -0.2) is 32.6 Å². The summed E-state index contributed by atoms with van der Waals surface area (Å²) in [6.45, 7) is 2.12. The number of carboxylic acids is 1. The van der Waals surface area contributed by atoms with Gasteiger partial charge in [-0.05, 0) is 19.1 Å². The fourth-order valence-electron chi connectivity index (χ4n) is 1.86. The second-order valence-corrected chi connectivity index (χ2v) is 4.55. The van der Waals surface area contributed by atoms with Crippen molar-refractivity contribution >= 4 is 11.8 Å². The minimum Gasteiger partial charge on any atom is -0.481 e. The second kappa shape index (κ2) is 6.65. The first-order chi connectivity index (χ1) is 10.1. The van der Waals surface area contributed by atoms with Crippen LogP contribution in [0.1, 0.15) is 17.1 Å². The molecule has 0 amide bonds. The molecule has 0 saturated heterocycles. The van der Waals surface area contributed by atoms with Gasteiger partial charge in [-0.25, -0.2) is 4.98 Å². The number of anilines is 1. The normalized spacial score (nSPS) is 10.3. The van der Waals surface area contributed by atoms with Gasteiger partial charge in [-0.1, -0.05) is 6.07 Å². The molecule has 0 radical (unpaired) electrons. The number of H-pyrrole nitrogens is 1. The number of pyridine rings is 1. The minimum absolute atomic E-state index is 0.132. The van der Waals surface area contributed by atoms with E-state index in [2.05, 4.69) is 20.3 Å². The predicted molar refractivity (Wildman–Crippen MR) is 77.4 cm³/mol. The molecule has 0 aromatic carbocycles. The molecule has 110 valence electrons. The van der Waals surface area contributed by atoms with E-state index >= 15 is 0 Å². The van der Waals surface area contributed by atoms with E-state index < -0.39 is 5.97 Å². The van der Waals surface area contributed by atoms with Gasteiger partial charge in [0.15, 0.2) is 5.82 Å². The van der Waals surface area contributed by atoms with Crippen molar-refractivity contribution in [3.05, 3.63) is 51.8 Å². The summed E-state index contributed by atoms with van der Waals surface area (Å²) in [5.41, 5.74) is 1.36. The Hall–Kier alpha value is -2.70. The zero-order chi connectivity index (χ0) is 15.2. The lowest BCUT2D eigenvalue weighted by molar-refractivity contribution is -0.136. The lowest BCUT2D eigenvalue weighted by Gasteiger charge is -2.08. The van der Waals surface area contributed by atoms with Crippen LogP contribution in [0, 0.1) is 6.92 Å². The van der Waals surface area contributed by atoms with Gasteiger partial charge < -0.3 is 15.4 Å². The predicted octanol–water partition coefficient (Wildman–Crippen LogP) is 0.755. The number of rotatable bonds is 6. The summed E-state index contributed by atoms with van der Waals surface area (Å²) in [6, 6.07) is 5.62. The average molecular weight is 288 g/mol. The summed E-state index contributed by atoms with van der Waals surface area (Å²) < 4.78 is 0. The molecule has 0 atom stereocenters. The summed E-state index contributed by atoms with van der Waals surface area (Å²) >= 11 is 0. The third-order valence-electron chi connectivity index (χ3n) is 2.91. The van der Waals surface area contributed by atoms with Crippen LogP contribution in [0.15, 0.2) is 29.2 Å². The Morgan fingerprint density at radius 3 is 2.90 bits per heavy atom. The van der Waals surface area contributed by atoms with E-state index in [0.29, 0.717) is 24.4 Å². The molecule has 0 unspecified atom stereocenters. The molecule has 0 aliphatic rings. The first-order valence-electron chi connectivity index (χ1n) is 6.51. The van der Waals surface area contributed by atoms with Gasteiger partial charge in [0, 0.05) is 30.6 Å². The average Bonchev–Trinajstić information content (AvgIpc) is 2.44. The summed E-state index contributed by atoms with van der Waals surface area (Å²) in [7, 11) is 0. The quantitative estimate of drug-likeness (QED) is 0.724. The lowest BCUT2D eigenvalue weighted by Crippen LogP contribution is -2.21. The van der Waals surface area contributed by atoms with Crippen molar-refractivity contribution in [2.75, 3.05) is 11.9 Å². The van der Waals surface area contributed by atoms with E-state index in [1.165, 1.54) is 0 Å². The van der Waals surface area contributed by atoms with Crippen LogP contribution in [0.5, 0.6) is 0 Å². The van der Waals surface area contributed by atoms with Crippen LogP contribution in [0.2, 0.25) is 0 Å². The zero-order valence-electron chi connectivity index (χ0n) is 11.6. The van der Waals surface area contributed by atoms with Gasteiger partial charge >= 0.3 is 5.97 Å². The minimum atomic E-state index is -0.989. The molecule has 2 heterocycles. The zero-order valence-corrected chi connectivity index (χ0v) is 11.6. The van der Waals surface area contributed by atoms with Gasteiger partial charge in [0.05, 0.1) is 12.1 Å². The van der Waals surface area contributed by atoms with Crippen molar-refractivity contribution in [1.29, 1.82) is 0 Å². The molecule has 0 fully saturated rings. The highest BCUT2D eigenvalue weighted by Gasteiger charge is 2.10. The molecule has 21 heavy (non-hydrogen) atoms. The molecule has 3 N–H and O–H groups in total. The number of aryl methyl sites for hydroxylation is 1. The SMILES string of the molecule is Cc1[nH]c(=O)c(NCCc2ccccn2)nc1CC(=O)O. The molecule has 7 nitrogen and oxygen atoms in total. The molecule has 0 bridgehead atoms. The number of nitrogens with zero attached hydrogens (tertiary/aromatic N) is 2. The van der Waals surface area contributed by atoms with Gasteiger partial charge in [0.2, 0.25) is 0 Å². The van der Waals surface area contributed by atoms with Crippen LogP contribution in [0.3, 0.4) is 0 Å². The molecule has 2 rings (SSSR count). The maximum atomic E-state index is 11.8.